The lowest BCUT2D eigenvalue weighted by Crippen LogP contribution is -2.13. The second kappa shape index (κ2) is 5.07. The van der Waals surface area contributed by atoms with Gasteiger partial charge in [-0.1, -0.05) is 18.2 Å². The van der Waals surface area contributed by atoms with Gasteiger partial charge < -0.3 is 5.32 Å². The number of thiophene rings is 1. The van der Waals surface area contributed by atoms with Crippen molar-refractivity contribution in [3.63, 3.8) is 0 Å². The Kier molecular flexibility index (Phi) is 3.12. The van der Waals surface area contributed by atoms with Gasteiger partial charge in [-0.25, -0.2) is 4.68 Å². The first-order valence-corrected chi connectivity index (χ1v) is 6.66. The van der Waals surface area contributed by atoms with Crippen molar-refractivity contribution < 1.29 is 4.79 Å². The molecule has 2 heterocycles. The van der Waals surface area contributed by atoms with Crippen molar-refractivity contribution >= 4 is 22.9 Å². The number of amides is 1. The van der Waals surface area contributed by atoms with E-state index in [1.807, 2.05) is 48.0 Å². The highest BCUT2D eigenvalue weighted by Gasteiger charge is 2.14. The van der Waals surface area contributed by atoms with Crippen LogP contribution in [0.4, 0.5) is 5.69 Å². The van der Waals surface area contributed by atoms with Crippen LogP contribution in [0.15, 0.2) is 60.2 Å². The molecule has 0 saturated carbocycles. The average molecular weight is 269 g/mol. The van der Waals surface area contributed by atoms with Gasteiger partial charge in [0.15, 0.2) is 0 Å². The minimum Gasteiger partial charge on any atom is -0.322 e. The molecule has 1 aromatic carbocycles. The quantitative estimate of drug-likeness (QED) is 0.793. The predicted molar refractivity (Wildman–Crippen MR) is 75.8 cm³/mol. The Bertz CT molecular complexity index is 674. The zero-order valence-electron chi connectivity index (χ0n) is 9.98. The van der Waals surface area contributed by atoms with Crippen LogP contribution in [-0.2, 0) is 0 Å². The van der Waals surface area contributed by atoms with Crippen LogP contribution in [0.1, 0.15) is 10.4 Å². The highest BCUT2D eigenvalue weighted by molar-refractivity contribution is 7.13. The molecule has 0 atom stereocenters. The van der Waals surface area contributed by atoms with Crippen molar-refractivity contribution in [3.05, 3.63) is 65.8 Å². The summed E-state index contributed by atoms with van der Waals surface area (Å²) in [5.74, 6) is -0.127. The van der Waals surface area contributed by atoms with Gasteiger partial charge in [0.1, 0.15) is 5.00 Å². The minimum absolute atomic E-state index is 0.127. The van der Waals surface area contributed by atoms with Gasteiger partial charge in [0.2, 0.25) is 0 Å². The lowest BCUT2D eigenvalue weighted by molar-refractivity contribution is 0.102. The molecule has 0 bridgehead atoms. The van der Waals surface area contributed by atoms with E-state index in [4.69, 9.17) is 0 Å². The molecule has 0 spiro atoms. The van der Waals surface area contributed by atoms with Crippen molar-refractivity contribution in [3.8, 4) is 5.00 Å². The summed E-state index contributed by atoms with van der Waals surface area (Å²) in [7, 11) is 0. The molecule has 0 fully saturated rings. The zero-order valence-corrected chi connectivity index (χ0v) is 10.8. The number of carbonyl (C=O) groups is 1. The predicted octanol–water partition coefficient (Wildman–Crippen LogP) is 3.19. The van der Waals surface area contributed by atoms with E-state index in [-0.39, 0.29) is 5.91 Å². The Morgan fingerprint density at radius 1 is 1.16 bits per heavy atom. The SMILES string of the molecule is O=C(Nc1ccccc1)c1ccsc1-n1cccn1. The summed E-state index contributed by atoms with van der Waals surface area (Å²) >= 11 is 1.49. The Labute approximate surface area is 114 Å². The third-order valence-corrected chi connectivity index (χ3v) is 3.54. The van der Waals surface area contributed by atoms with Gasteiger partial charge in [-0.3, -0.25) is 4.79 Å². The van der Waals surface area contributed by atoms with Crippen LogP contribution in [0.2, 0.25) is 0 Å². The monoisotopic (exact) mass is 269 g/mol. The number of anilines is 1. The number of aromatic nitrogens is 2. The first kappa shape index (κ1) is 11.7. The summed E-state index contributed by atoms with van der Waals surface area (Å²) in [6.45, 7) is 0. The molecule has 0 aliphatic rings. The largest absolute Gasteiger partial charge is 0.322 e. The van der Waals surface area contributed by atoms with Gasteiger partial charge in [0.05, 0.1) is 5.56 Å². The standard InChI is InChI=1S/C14H11N3OS/c18-13(16-11-5-2-1-3-6-11)12-7-10-19-14(12)17-9-4-8-15-17/h1-10H,(H,16,18). The van der Waals surface area contributed by atoms with Gasteiger partial charge in [-0.2, -0.15) is 5.10 Å². The molecule has 0 unspecified atom stereocenters. The molecule has 0 saturated heterocycles. The van der Waals surface area contributed by atoms with Gasteiger partial charge in [-0.15, -0.1) is 11.3 Å². The summed E-state index contributed by atoms with van der Waals surface area (Å²) in [5, 5.41) is 9.73. The number of para-hydroxylation sites is 1. The fourth-order valence-corrected chi connectivity index (χ4v) is 2.60. The second-order valence-corrected chi connectivity index (χ2v) is 4.80. The van der Waals surface area contributed by atoms with Crippen LogP contribution >= 0.6 is 11.3 Å². The van der Waals surface area contributed by atoms with E-state index >= 15 is 0 Å². The Morgan fingerprint density at radius 3 is 2.74 bits per heavy atom. The number of carbonyl (C=O) groups excluding carboxylic acids is 1. The van der Waals surface area contributed by atoms with Gasteiger partial charge >= 0.3 is 0 Å². The molecule has 3 rings (SSSR count). The molecule has 1 amide bonds. The molecule has 3 aromatic rings. The molecular formula is C14H11N3OS. The first-order valence-electron chi connectivity index (χ1n) is 5.78. The summed E-state index contributed by atoms with van der Waals surface area (Å²) in [6, 6.07) is 13.0. The van der Waals surface area contributed by atoms with E-state index in [1.165, 1.54) is 11.3 Å². The van der Waals surface area contributed by atoms with Crippen LogP contribution < -0.4 is 5.32 Å². The third-order valence-electron chi connectivity index (χ3n) is 2.63. The van der Waals surface area contributed by atoms with Crippen LogP contribution in [0, 0.1) is 0 Å². The molecule has 94 valence electrons. The maximum atomic E-state index is 12.2. The van der Waals surface area contributed by atoms with Crippen molar-refractivity contribution in [1.82, 2.24) is 9.78 Å². The third kappa shape index (κ3) is 2.41. The lowest BCUT2D eigenvalue weighted by atomic mass is 10.2. The summed E-state index contributed by atoms with van der Waals surface area (Å²) < 4.78 is 1.70. The van der Waals surface area contributed by atoms with Crippen molar-refractivity contribution in [2.45, 2.75) is 0 Å². The topological polar surface area (TPSA) is 46.9 Å². The maximum absolute atomic E-state index is 12.2. The van der Waals surface area contributed by atoms with Crippen LogP contribution in [0.5, 0.6) is 0 Å². The normalized spacial score (nSPS) is 10.3. The first-order chi connectivity index (χ1) is 9.34. The summed E-state index contributed by atoms with van der Waals surface area (Å²) in [5.41, 5.74) is 1.41. The molecule has 1 N–H and O–H groups in total. The maximum Gasteiger partial charge on any atom is 0.258 e. The van der Waals surface area contributed by atoms with Crippen molar-refractivity contribution in [2.75, 3.05) is 5.32 Å². The van der Waals surface area contributed by atoms with E-state index in [9.17, 15) is 4.79 Å². The number of hydrogen-bond acceptors (Lipinski definition) is 3. The van der Waals surface area contributed by atoms with Gasteiger partial charge in [-0.05, 0) is 29.6 Å². The van der Waals surface area contributed by atoms with Crippen LogP contribution in [-0.4, -0.2) is 15.7 Å². The summed E-state index contributed by atoms with van der Waals surface area (Å²) in [6.07, 6.45) is 3.52. The molecular weight excluding hydrogens is 258 g/mol. The Hall–Kier alpha value is -2.40. The molecule has 0 radical (unpaired) electrons. The number of nitrogens with zero attached hydrogens (tertiary/aromatic N) is 2. The number of rotatable bonds is 3. The number of hydrogen-bond donors (Lipinski definition) is 1. The van der Waals surface area contributed by atoms with E-state index in [1.54, 1.807) is 16.9 Å². The van der Waals surface area contributed by atoms with Crippen LogP contribution in [0.3, 0.4) is 0 Å². The molecule has 19 heavy (non-hydrogen) atoms. The van der Waals surface area contributed by atoms with E-state index in [0.717, 1.165) is 10.7 Å². The average Bonchev–Trinajstić information content (AvgIpc) is 3.10. The van der Waals surface area contributed by atoms with Crippen molar-refractivity contribution in [2.24, 2.45) is 0 Å². The molecule has 0 aliphatic heterocycles. The Balaban J connectivity index is 1.87. The highest BCUT2D eigenvalue weighted by atomic mass is 32.1. The molecule has 4 nitrogen and oxygen atoms in total. The zero-order chi connectivity index (χ0) is 13.1. The van der Waals surface area contributed by atoms with Crippen molar-refractivity contribution in [1.29, 1.82) is 0 Å². The lowest BCUT2D eigenvalue weighted by Gasteiger charge is -2.06. The molecule has 0 aliphatic carbocycles. The summed E-state index contributed by atoms with van der Waals surface area (Å²) in [4.78, 5) is 12.2. The van der Waals surface area contributed by atoms with E-state index in [0.29, 0.717) is 5.56 Å². The van der Waals surface area contributed by atoms with Crippen LogP contribution in [0.25, 0.3) is 5.00 Å². The molecule has 2 aromatic heterocycles. The molecule has 5 heteroatoms. The van der Waals surface area contributed by atoms with Gasteiger partial charge in [0.25, 0.3) is 5.91 Å². The second-order valence-electron chi connectivity index (χ2n) is 3.91. The minimum atomic E-state index is -0.127. The number of benzene rings is 1. The smallest absolute Gasteiger partial charge is 0.258 e. The van der Waals surface area contributed by atoms with E-state index < -0.39 is 0 Å². The number of nitrogens with one attached hydrogen (secondary N) is 1. The fourth-order valence-electron chi connectivity index (χ4n) is 1.76. The Morgan fingerprint density at radius 2 is 2.00 bits per heavy atom. The van der Waals surface area contributed by atoms with E-state index in [2.05, 4.69) is 10.4 Å². The highest BCUT2D eigenvalue weighted by Crippen LogP contribution is 2.22. The fraction of sp³-hybridized carbons (Fsp3) is 0. The van der Waals surface area contributed by atoms with Gasteiger partial charge in [0, 0.05) is 18.1 Å².